The van der Waals surface area contributed by atoms with Gasteiger partial charge in [0.25, 0.3) is 11.1 Å². The van der Waals surface area contributed by atoms with Crippen molar-refractivity contribution in [1.82, 2.24) is 10.2 Å². The fourth-order valence-electron chi connectivity index (χ4n) is 3.07. The van der Waals surface area contributed by atoms with Crippen LogP contribution in [0.2, 0.25) is 0 Å². The number of anilines is 2. The summed E-state index contributed by atoms with van der Waals surface area (Å²) in [5.41, 5.74) is 1.98. The summed E-state index contributed by atoms with van der Waals surface area (Å²) < 4.78 is 11.1. The molecule has 1 fully saturated rings. The molecular formula is C21H22N4O3S. The summed E-state index contributed by atoms with van der Waals surface area (Å²) in [4.78, 5) is 14.5. The Morgan fingerprint density at radius 1 is 1.07 bits per heavy atom. The second-order valence-electron chi connectivity index (χ2n) is 6.64. The van der Waals surface area contributed by atoms with E-state index in [1.165, 1.54) is 30.3 Å². The van der Waals surface area contributed by atoms with Crippen molar-refractivity contribution in [3.05, 3.63) is 60.5 Å². The lowest BCUT2D eigenvalue weighted by Crippen LogP contribution is -2.18. The van der Waals surface area contributed by atoms with Gasteiger partial charge in [-0.3, -0.25) is 4.79 Å². The predicted molar refractivity (Wildman–Crippen MR) is 112 cm³/mol. The molecule has 4 rings (SSSR count). The van der Waals surface area contributed by atoms with Crippen molar-refractivity contribution in [2.75, 3.05) is 29.1 Å². The number of hydrogen-bond acceptors (Lipinski definition) is 7. The van der Waals surface area contributed by atoms with E-state index in [4.69, 9.17) is 9.15 Å². The Morgan fingerprint density at radius 3 is 2.59 bits per heavy atom. The molecule has 1 saturated heterocycles. The summed E-state index contributed by atoms with van der Waals surface area (Å²) >= 11 is 1.20. The van der Waals surface area contributed by atoms with Crippen LogP contribution in [0.3, 0.4) is 0 Å². The molecule has 7 nitrogen and oxygen atoms in total. The topological polar surface area (TPSA) is 80.5 Å². The molecule has 3 aromatic rings. The van der Waals surface area contributed by atoms with Gasteiger partial charge in [-0.25, -0.2) is 0 Å². The van der Waals surface area contributed by atoms with Gasteiger partial charge in [0.15, 0.2) is 6.61 Å². The maximum absolute atomic E-state index is 12.2. The monoisotopic (exact) mass is 410 g/mol. The van der Waals surface area contributed by atoms with Crippen LogP contribution in [0.4, 0.5) is 11.4 Å². The molecule has 1 aromatic heterocycles. The van der Waals surface area contributed by atoms with Crippen molar-refractivity contribution in [1.29, 1.82) is 0 Å². The van der Waals surface area contributed by atoms with Gasteiger partial charge in [0.05, 0.1) is 5.75 Å². The molecule has 29 heavy (non-hydrogen) atoms. The van der Waals surface area contributed by atoms with E-state index in [0.29, 0.717) is 11.1 Å². The maximum Gasteiger partial charge on any atom is 0.277 e. The lowest BCUT2D eigenvalue weighted by atomic mass is 10.2. The van der Waals surface area contributed by atoms with Gasteiger partial charge >= 0.3 is 0 Å². The molecule has 0 saturated carbocycles. The minimum Gasteiger partial charge on any atom is -0.484 e. The van der Waals surface area contributed by atoms with Crippen molar-refractivity contribution < 1.29 is 13.9 Å². The van der Waals surface area contributed by atoms with E-state index < -0.39 is 0 Å². The number of carbonyl (C=O) groups is 1. The largest absolute Gasteiger partial charge is 0.484 e. The number of nitrogens with one attached hydrogen (secondary N) is 1. The van der Waals surface area contributed by atoms with Crippen molar-refractivity contribution in [2.24, 2.45) is 0 Å². The summed E-state index contributed by atoms with van der Waals surface area (Å²) in [5.74, 6) is 1.17. The fraction of sp³-hybridized carbons (Fsp3) is 0.286. The molecule has 1 aliphatic rings. The first-order chi connectivity index (χ1) is 14.3. The predicted octanol–water partition coefficient (Wildman–Crippen LogP) is 3.98. The Kier molecular flexibility index (Phi) is 6.31. The zero-order valence-corrected chi connectivity index (χ0v) is 16.7. The number of para-hydroxylation sites is 1. The Labute approximate surface area is 173 Å². The molecule has 0 unspecified atom stereocenters. The molecule has 2 heterocycles. The maximum atomic E-state index is 12.2. The number of aromatic nitrogens is 2. The molecule has 1 aliphatic heterocycles. The highest BCUT2D eigenvalue weighted by Gasteiger charge is 2.13. The number of thioether (sulfide) groups is 1. The van der Waals surface area contributed by atoms with Crippen molar-refractivity contribution in [3.8, 4) is 5.75 Å². The van der Waals surface area contributed by atoms with Crippen LogP contribution in [-0.2, 0) is 11.4 Å². The van der Waals surface area contributed by atoms with Crippen LogP contribution < -0.4 is 15.0 Å². The summed E-state index contributed by atoms with van der Waals surface area (Å²) in [6.07, 6.45) is 2.48. The molecule has 0 atom stereocenters. The van der Waals surface area contributed by atoms with Gasteiger partial charge in [-0.1, -0.05) is 30.0 Å². The first-order valence-corrected chi connectivity index (χ1v) is 10.5. The standard InChI is InChI=1S/C21H22N4O3S/c26-19(22-16-8-10-17(11-9-16)25-12-4-5-13-25)15-29-21-24-23-20(28-21)14-27-18-6-2-1-3-7-18/h1-3,6-11H,4-5,12-15H2,(H,22,26). The van der Waals surface area contributed by atoms with Crippen molar-refractivity contribution in [2.45, 2.75) is 24.7 Å². The fourth-order valence-corrected chi connectivity index (χ4v) is 3.65. The number of carbonyl (C=O) groups excluding carboxylic acids is 1. The average molecular weight is 410 g/mol. The quantitative estimate of drug-likeness (QED) is 0.563. The highest BCUT2D eigenvalue weighted by atomic mass is 32.2. The molecule has 0 radical (unpaired) electrons. The molecular weight excluding hydrogens is 388 g/mol. The molecule has 8 heteroatoms. The highest BCUT2D eigenvalue weighted by Crippen LogP contribution is 2.23. The van der Waals surface area contributed by atoms with Gasteiger partial charge in [0.2, 0.25) is 5.91 Å². The molecule has 0 aliphatic carbocycles. The Bertz CT molecular complexity index is 925. The van der Waals surface area contributed by atoms with Gasteiger partial charge < -0.3 is 19.4 Å². The second-order valence-corrected chi connectivity index (χ2v) is 7.57. The van der Waals surface area contributed by atoms with Gasteiger partial charge in [-0.15, -0.1) is 10.2 Å². The number of ether oxygens (including phenoxy) is 1. The Hall–Kier alpha value is -3.00. The van der Waals surface area contributed by atoms with Crippen LogP contribution in [0.25, 0.3) is 0 Å². The van der Waals surface area contributed by atoms with Crippen LogP contribution in [-0.4, -0.2) is 34.9 Å². The van der Waals surface area contributed by atoms with Gasteiger partial charge in [0, 0.05) is 24.5 Å². The van der Waals surface area contributed by atoms with Crippen LogP contribution in [0, 0.1) is 0 Å². The molecule has 0 spiro atoms. The van der Waals surface area contributed by atoms with E-state index in [1.807, 2.05) is 54.6 Å². The third-order valence-electron chi connectivity index (χ3n) is 4.50. The minimum absolute atomic E-state index is 0.121. The number of amides is 1. The van der Waals surface area contributed by atoms with Gasteiger partial charge in [-0.2, -0.15) is 0 Å². The van der Waals surface area contributed by atoms with E-state index in [0.717, 1.165) is 24.5 Å². The number of rotatable bonds is 8. The van der Waals surface area contributed by atoms with Gasteiger partial charge in [-0.05, 0) is 49.2 Å². The van der Waals surface area contributed by atoms with E-state index in [2.05, 4.69) is 20.4 Å². The zero-order valence-electron chi connectivity index (χ0n) is 15.9. The number of hydrogen-bond donors (Lipinski definition) is 1. The lowest BCUT2D eigenvalue weighted by molar-refractivity contribution is -0.113. The summed E-state index contributed by atoms with van der Waals surface area (Å²) in [7, 11) is 0. The van der Waals surface area contributed by atoms with Crippen LogP contribution >= 0.6 is 11.8 Å². The third kappa shape index (κ3) is 5.51. The summed E-state index contributed by atoms with van der Waals surface area (Å²) in [6, 6.07) is 17.4. The molecule has 0 bridgehead atoms. The van der Waals surface area contributed by atoms with E-state index in [1.54, 1.807) is 0 Å². The summed E-state index contributed by atoms with van der Waals surface area (Å²) in [6.45, 7) is 2.39. The van der Waals surface area contributed by atoms with Crippen molar-refractivity contribution >= 4 is 29.0 Å². The number of benzene rings is 2. The van der Waals surface area contributed by atoms with Crippen LogP contribution in [0.15, 0.2) is 64.2 Å². The number of nitrogens with zero attached hydrogens (tertiary/aromatic N) is 3. The molecule has 1 amide bonds. The highest BCUT2D eigenvalue weighted by molar-refractivity contribution is 7.99. The van der Waals surface area contributed by atoms with Gasteiger partial charge in [0.1, 0.15) is 5.75 Å². The second kappa shape index (κ2) is 9.47. The zero-order chi connectivity index (χ0) is 19.9. The molecule has 1 N–H and O–H groups in total. The van der Waals surface area contributed by atoms with E-state index in [9.17, 15) is 4.79 Å². The average Bonchev–Trinajstić information content (AvgIpc) is 3.44. The third-order valence-corrected chi connectivity index (χ3v) is 5.32. The smallest absolute Gasteiger partial charge is 0.277 e. The Balaban J connectivity index is 1.22. The lowest BCUT2D eigenvalue weighted by Gasteiger charge is -2.17. The normalized spacial score (nSPS) is 13.4. The van der Waals surface area contributed by atoms with Crippen LogP contribution in [0.5, 0.6) is 5.75 Å². The molecule has 150 valence electrons. The minimum atomic E-state index is -0.121. The summed E-state index contributed by atoms with van der Waals surface area (Å²) in [5, 5.41) is 11.1. The van der Waals surface area contributed by atoms with E-state index in [-0.39, 0.29) is 18.3 Å². The molecule has 2 aromatic carbocycles. The SMILES string of the molecule is O=C(CSc1nnc(COc2ccccc2)o1)Nc1ccc(N2CCCC2)cc1. The first kappa shape index (κ1) is 19.3. The first-order valence-electron chi connectivity index (χ1n) is 9.54. The van der Waals surface area contributed by atoms with Crippen LogP contribution in [0.1, 0.15) is 18.7 Å². The van der Waals surface area contributed by atoms with Crippen molar-refractivity contribution in [3.63, 3.8) is 0 Å². The Morgan fingerprint density at radius 2 is 1.83 bits per heavy atom. The van der Waals surface area contributed by atoms with E-state index >= 15 is 0 Å².